The summed E-state index contributed by atoms with van der Waals surface area (Å²) in [4.78, 5) is 13.0. The van der Waals surface area contributed by atoms with E-state index in [1.807, 2.05) is 55.5 Å². The number of hydrogen-bond acceptors (Lipinski definition) is 4. The predicted molar refractivity (Wildman–Crippen MR) is 106 cm³/mol. The standard InChI is InChI=1S/C24H22O4/c1-5-17-13-9-11-15-19(17)21-24(7-3,23(25)26-8-4)28-22(27-21)20-16-12-10-14-18(20)6-2/h1-2,9-16,21-22H,7-8H2,3-4H3/t21-,22-,24-/m1/s1. The van der Waals surface area contributed by atoms with Crippen molar-refractivity contribution in [2.45, 2.75) is 38.3 Å². The maximum absolute atomic E-state index is 13.0. The molecule has 0 radical (unpaired) electrons. The lowest BCUT2D eigenvalue weighted by Gasteiger charge is -2.29. The van der Waals surface area contributed by atoms with Crippen molar-refractivity contribution in [2.75, 3.05) is 6.61 Å². The highest BCUT2D eigenvalue weighted by Gasteiger charge is 2.57. The van der Waals surface area contributed by atoms with Gasteiger partial charge in [-0.1, -0.05) is 55.2 Å². The summed E-state index contributed by atoms with van der Waals surface area (Å²) in [6.45, 7) is 3.85. The Morgan fingerprint density at radius 2 is 1.61 bits per heavy atom. The maximum atomic E-state index is 13.0. The average molecular weight is 374 g/mol. The van der Waals surface area contributed by atoms with E-state index >= 15 is 0 Å². The number of terminal acetylenes is 2. The largest absolute Gasteiger partial charge is 0.464 e. The van der Waals surface area contributed by atoms with Crippen molar-refractivity contribution in [1.29, 1.82) is 0 Å². The van der Waals surface area contributed by atoms with Crippen molar-refractivity contribution in [1.82, 2.24) is 0 Å². The molecule has 28 heavy (non-hydrogen) atoms. The highest BCUT2D eigenvalue weighted by atomic mass is 16.8. The van der Waals surface area contributed by atoms with Gasteiger partial charge in [0.25, 0.3) is 0 Å². The molecule has 0 amide bonds. The van der Waals surface area contributed by atoms with Gasteiger partial charge in [0, 0.05) is 22.3 Å². The van der Waals surface area contributed by atoms with E-state index in [-0.39, 0.29) is 6.61 Å². The molecule has 1 heterocycles. The fourth-order valence-electron chi connectivity index (χ4n) is 3.49. The van der Waals surface area contributed by atoms with Crippen molar-refractivity contribution in [3.8, 4) is 24.7 Å². The first-order chi connectivity index (χ1) is 13.6. The molecular weight excluding hydrogens is 352 g/mol. The van der Waals surface area contributed by atoms with Crippen LogP contribution in [-0.2, 0) is 19.0 Å². The van der Waals surface area contributed by atoms with Gasteiger partial charge in [0.2, 0.25) is 0 Å². The number of esters is 1. The molecule has 1 saturated heterocycles. The molecule has 0 unspecified atom stereocenters. The van der Waals surface area contributed by atoms with E-state index in [1.165, 1.54) is 0 Å². The van der Waals surface area contributed by atoms with Crippen LogP contribution in [0.5, 0.6) is 0 Å². The first-order valence-electron chi connectivity index (χ1n) is 9.22. The molecule has 0 saturated carbocycles. The van der Waals surface area contributed by atoms with Gasteiger partial charge in [0.1, 0.15) is 6.10 Å². The fourth-order valence-corrected chi connectivity index (χ4v) is 3.49. The minimum absolute atomic E-state index is 0.235. The van der Waals surface area contributed by atoms with Crippen molar-refractivity contribution < 1.29 is 19.0 Å². The van der Waals surface area contributed by atoms with Crippen LogP contribution < -0.4 is 0 Å². The van der Waals surface area contributed by atoms with Crippen molar-refractivity contribution in [3.63, 3.8) is 0 Å². The quantitative estimate of drug-likeness (QED) is 0.583. The zero-order valence-corrected chi connectivity index (χ0v) is 16.0. The number of carbonyl (C=O) groups excluding carboxylic acids is 1. The normalized spacial score (nSPS) is 23.6. The highest BCUT2D eigenvalue weighted by Crippen LogP contribution is 2.50. The van der Waals surface area contributed by atoms with E-state index in [9.17, 15) is 4.79 Å². The molecule has 3 rings (SSSR count). The van der Waals surface area contributed by atoms with Gasteiger partial charge in [-0.2, -0.15) is 0 Å². The third-order valence-electron chi connectivity index (χ3n) is 4.92. The molecule has 1 fully saturated rings. The number of rotatable bonds is 5. The minimum atomic E-state index is -1.32. The van der Waals surface area contributed by atoms with E-state index in [2.05, 4.69) is 11.8 Å². The van der Waals surface area contributed by atoms with E-state index < -0.39 is 24.0 Å². The molecule has 4 nitrogen and oxygen atoms in total. The first kappa shape index (κ1) is 19.7. The zero-order valence-electron chi connectivity index (χ0n) is 16.0. The van der Waals surface area contributed by atoms with Crippen molar-refractivity contribution in [2.24, 2.45) is 0 Å². The van der Waals surface area contributed by atoms with Gasteiger partial charge in [-0.05, 0) is 25.5 Å². The monoisotopic (exact) mass is 374 g/mol. The Kier molecular flexibility index (Phi) is 5.85. The van der Waals surface area contributed by atoms with Crippen molar-refractivity contribution in [3.05, 3.63) is 70.8 Å². The topological polar surface area (TPSA) is 44.8 Å². The molecule has 0 aliphatic carbocycles. The van der Waals surface area contributed by atoms with Crippen LogP contribution in [0.25, 0.3) is 0 Å². The molecule has 2 aromatic carbocycles. The van der Waals surface area contributed by atoms with Crippen LogP contribution in [-0.4, -0.2) is 18.2 Å². The Morgan fingerprint density at radius 1 is 1.04 bits per heavy atom. The van der Waals surface area contributed by atoms with E-state index in [0.717, 1.165) is 0 Å². The lowest BCUT2D eigenvalue weighted by Crippen LogP contribution is -2.44. The maximum Gasteiger partial charge on any atom is 0.341 e. The van der Waals surface area contributed by atoms with Gasteiger partial charge in [-0.15, -0.1) is 12.8 Å². The van der Waals surface area contributed by atoms with E-state index in [0.29, 0.717) is 28.7 Å². The molecule has 0 N–H and O–H groups in total. The Balaban J connectivity index is 2.13. The molecule has 0 spiro atoms. The summed E-state index contributed by atoms with van der Waals surface area (Å²) < 4.78 is 17.9. The molecule has 1 aliphatic heterocycles. The SMILES string of the molecule is C#Cc1ccccc1[C@@H]1O[C@H](c2ccccc2C#C)[C@](CC)(C(=O)OCC)O1. The second kappa shape index (κ2) is 8.31. The minimum Gasteiger partial charge on any atom is -0.464 e. The molecule has 0 bridgehead atoms. The van der Waals surface area contributed by atoms with Crippen molar-refractivity contribution >= 4 is 5.97 Å². The second-order valence-corrected chi connectivity index (χ2v) is 6.39. The van der Waals surface area contributed by atoms with Gasteiger partial charge in [0.15, 0.2) is 11.9 Å². The average Bonchev–Trinajstić information content (AvgIpc) is 3.14. The van der Waals surface area contributed by atoms with Crippen LogP contribution in [0.1, 0.15) is 54.9 Å². The van der Waals surface area contributed by atoms with Crippen LogP contribution in [0.4, 0.5) is 0 Å². The second-order valence-electron chi connectivity index (χ2n) is 6.39. The summed E-state index contributed by atoms with van der Waals surface area (Å²) in [5.41, 5.74) is 1.36. The fraction of sp³-hybridized carbons (Fsp3) is 0.292. The molecule has 1 aliphatic rings. The first-order valence-corrected chi connectivity index (χ1v) is 9.22. The van der Waals surface area contributed by atoms with Crippen LogP contribution >= 0.6 is 0 Å². The van der Waals surface area contributed by atoms with Gasteiger partial charge >= 0.3 is 5.97 Å². The zero-order chi connectivity index (χ0) is 20.1. The Labute approximate surface area is 165 Å². The molecule has 2 aromatic rings. The highest BCUT2D eigenvalue weighted by molar-refractivity contribution is 5.81. The summed E-state index contributed by atoms with van der Waals surface area (Å²) >= 11 is 0. The van der Waals surface area contributed by atoms with E-state index in [4.69, 9.17) is 27.1 Å². The molecule has 0 aromatic heterocycles. The lowest BCUT2D eigenvalue weighted by molar-refractivity contribution is -0.174. The third-order valence-corrected chi connectivity index (χ3v) is 4.92. The number of carbonyl (C=O) groups is 1. The molecule has 142 valence electrons. The summed E-state index contributed by atoms with van der Waals surface area (Å²) in [7, 11) is 0. The molecule has 3 atom stereocenters. The summed E-state index contributed by atoms with van der Waals surface area (Å²) in [6, 6.07) is 14.7. The van der Waals surface area contributed by atoms with E-state index in [1.54, 1.807) is 6.92 Å². The summed E-state index contributed by atoms with van der Waals surface area (Å²) in [6.07, 6.45) is 10.1. The number of ether oxygens (including phenoxy) is 3. The van der Waals surface area contributed by atoms with Gasteiger partial charge in [-0.3, -0.25) is 0 Å². The smallest absolute Gasteiger partial charge is 0.341 e. The number of hydrogen-bond donors (Lipinski definition) is 0. The van der Waals surface area contributed by atoms with Gasteiger partial charge in [0.05, 0.1) is 6.61 Å². The molecular formula is C24H22O4. The Bertz CT molecular complexity index is 950. The van der Waals surface area contributed by atoms with Crippen LogP contribution in [0.3, 0.4) is 0 Å². The summed E-state index contributed by atoms with van der Waals surface area (Å²) in [5.74, 6) is 4.83. The van der Waals surface area contributed by atoms with Crippen LogP contribution in [0, 0.1) is 24.7 Å². The van der Waals surface area contributed by atoms with Gasteiger partial charge < -0.3 is 14.2 Å². The Hall–Kier alpha value is -3.05. The number of benzene rings is 2. The predicted octanol–water partition coefficient (Wildman–Crippen LogP) is 4.15. The third kappa shape index (κ3) is 3.29. The lowest BCUT2D eigenvalue weighted by atomic mass is 9.86. The van der Waals surface area contributed by atoms with Crippen LogP contribution in [0.15, 0.2) is 48.5 Å². The van der Waals surface area contributed by atoms with Crippen LogP contribution in [0.2, 0.25) is 0 Å². The Morgan fingerprint density at radius 3 is 2.18 bits per heavy atom. The summed E-state index contributed by atoms with van der Waals surface area (Å²) in [5, 5.41) is 0. The van der Waals surface area contributed by atoms with Gasteiger partial charge in [-0.25, -0.2) is 4.79 Å². The molecule has 4 heteroatoms.